The molecule has 3 aromatic rings. The maximum atomic E-state index is 13.2. The van der Waals surface area contributed by atoms with Crippen molar-refractivity contribution in [1.29, 1.82) is 0 Å². The van der Waals surface area contributed by atoms with Crippen molar-refractivity contribution >= 4 is 30.7 Å². The smallest absolute Gasteiger partial charge is 0.410 e. The molecule has 6 unspecified atom stereocenters. The predicted molar refractivity (Wildman–Crippen MR) is 375 cm³/mol. The van der Waals surface area contributed by atoms with Gasteiger partial charge < -0.3 is 70.3 Å². The molecule has 9 atom stereocenters. The molecule has 3 aromatic carbocycles. The Morgan fingerprint density at radius 3 is 1.39 bits per heavy atom. The number of benzene rings is 3. The van der Waals surface area contributed by atoms with Crippen LogP contribution in [0.25, 0.3) is 0 Å². The highest BCUT2D eigenvalue weighted by Crippen LogP contribution is 2.53. The van der Waals surface area contributed by atoms with Crippen molar-refractivity contribution in [3.8, 4) is 0 Å². The van der Waals surface area contributed by atoms with Gasteiger partial charge in [0.05, 0.1) is 0 Å². The van der Waals surface area contributed by atoms with Crippen LogP contribution in [0.2, 0.25) is 0 Å². The normalized spacial score (nSPS) is 26.1. The molecule has 0 aromatic heterocycles. The first kappa shape index (κ1) is 73.5. The minimum Gasteiger partial charge on any atom is -0.444 e. The van der Waals surface area contributed by atoms with Crippen molar-refractivity contribution in [3.63, 3.8) is 0 Å². The molecule has 3 aliphatic heterocycles. The number of hydrogen-bond acceptors (Lipinski definition) is 14. The fourth-order valence-corrected chi connectivity index (χ4v) is 13.6. The van der Waals surface area contributed by atoms with Gasteiger partial charge in [0.15, 0.2) is 0 Å². The van der Waals surface area contributed by atoms with Crippen LogP contribution < -0.4 is 27.0 Å². The predicted octanol–water partition coefficient (Wildman–Crippen LogP) is 12.5. The van der Waals surface area contributed by atoms with Crippen molar-refractivity contribution in [2.75, 3.05) is 91.6 Å². The summed E-state index contributed by atoms with van der Waals surface area (Å²) in [4.78, 5) is 67.7. The molecule has 4 amide bonds. The highest BCUT2D eigenvalue weighted by Gasteiger charge is 2.54. The number of rotatable bonds is 22. The molecule has 6 aliphatic carbocycles. The van der Waals surface area contributed by atoms with Crippen LogP contribution in [0.15, 0.2) is 91.0 Å². The molecule has 18 nitrogen and oxygen atoms in total. The maximum absolute atomic E-state index is 13.2. The van der Waals surface area contributed by atoms with Gasteiger partial charge in [-0.15, -0.1) is 0 Å². The molecule has 0 radical (unpaired) electrons. The summed E-state index contributed by atoms with van der Waals surface area (Å²) < 4.78 is 22.2. The third-order valence-electron chi connectivity index (χ3n) is 20.1. The first-order chi connectivity index (χ1) is 44.9. The van der Waals surface area contributed by atoms with E-state index in [0.29, 0.717) is 42.8 Å². The van der Waals surface area contributed by atoms with E-state index in [1.165, 1.54) is 75.1 Å². The number of nitrogens with one attached hydrogen (secondary N) is 4. The first-order valence-electron chi connectivity index (χ1n) is 36.1. The lowest BCUT2D eigenvalue weighted by Crippen LogP contribution is -2.44. The molecule has 95 heavy (non-hydrogen) atoms. The minimum atomic E-state index is -0.510. The van der Waals surface area contributed by atoms with Crippen LogP contribution in [-0.4, -0.2) is 182 Å². The summed E-state index contributed by atoms with van der Waals surface area (Å²) in [6, 6.07) is 33.1. The highest BCUT2D eigenvalue weighted by atomic mass is 16.6. The van der Waals surface area contributed by atoms with Gasteiger partial charge in [-0.05, 0) is 227 Å². The Bertz CT molecular complexity index is 2940. The molecular weight excluding hydrogens is 1190 g/mol. The van der Waals surface area contributed by atoms with E-state index >= 15 is 0 Å². The Balaban J connectivity index is 0.000000157. The number of hydrogen-bond donors (Lipinski definition) is 5. The zero-order valence-electron chi connectivity index (χ0n) is 59.9. The number of nitrogens with zero attached hydrogens (tertiary/aromatic N) is 4. The average Bonchev–Trinajstić information content (AvgIpc) is 1.61. The fourth-order valence-electron chi connectivity index (χ4n) is 13.6. The lowest BCUT2D eigenvalue weighted by atomic mass is 10.0. The van der Waals surface area contributed by atoms with Gasteiger partial charge in [0, 0.05) is 112 Å². The van der Waals surface area contributed by atoms with Crippen molar-refractivity contribution in [3.05, 3.63) is 108 Å². The molecule has 6 N–H and O–H groups in total. The van der Waals surface area contributed by atoms with E-state index in [0.717, 1.165) is 115 Å². The molecule has 18 heteroatoms. The first-order valence-corrected chi connectivity index (χ1v) is 36.1. The second-order valence-corrected chi connectivity index (χ2v) is 33.6. The van der Waals surface area contributed by atoms with Crippen LogP contribution in [-0.2, 0) is 23.7 Å². The molecule has 9 aliphatic rings. The van der Waals surface area contributed by atoms with Gasteiger partial charge in [0.25, 0.3) is 0 Å². The number of nitrogens with two attached hydrogens (primary N) is 1. The lowest BCUT2D eigenvalue weighted by Gasteiger charge is -2.31. The van der Waals surface area contributed by atoms with Crippen molar-refractivity contribution < 1.29 is 42.9 Å². The Morgan fingerprint density at radius 2 is 0.968 bits per heavy atom. The number of likely N-dealkylation sites (tertiary alicyclic amines) is 2. The molecule has 526 valence electrons. The summed E-state index contributed by atoms with van der Waals surface area (Å²) >= 11 is 0. The third-order valence-corrected chi connectivity index (χ3v) is 20.1. The third kappa shape index (κ3) is 23.4. The van der Waals surface area contributed by atoms with Gasteiger partial charge in [-0.3, -0.25) is 0 Å². The van der Waals surface area contributed by atoms with Gasteiger partial charge >= 0.3 is 24.4 Å². The van der Waals surface area contributed by atoms with Crippen LogP contribution in [0.3, 0.4) is 0 Å². The van der Waals surface area contributed by atoms with E-state index < -0.39 is 22.4 Å². The topological polar surface area (TPSA) is 209 Å². The quantitative estimate of drug-likeness (QED) is 0.0468. The number of aldehydes is 1. The van der Waals surface area contributed by atoms with E-state index in [-0.39, 0.29) is 53.2 Å². The van der Waals surface area contributed by atoms with Gasteiger partial charge in [0.1, 0.15) is 28.7 Å². The van der Waals surface area contributed by atoms with Gasteiger partial charge in [-0.25, -0.2) is 19.2 Å². The summed E-state index contributed by atoms with van der Waals surface area (Å²) in [7, 11) is 0. The summed E-state index contributed by atoms with van der Waals surface area (Å²) in [6.45, 7) is 35.3. The van der Waals surface area contributed by atoms with Crippen LogP contribution in [0.5, 0.6) is 0 Å². The molecule has 9 fully saturated rings. The second-order valence-electron chi connectivity index (χ2n) is 33.6. The Morgan fingerprint density at radius 1 is 0.537 bits per heavy atom. The number of ether oxygens (including phenoxy) is 4. The molecule has 0 bridgehead atoms. The number of amides is 4. The van der Waals surface area contributed by atoms with Crippen LogP contribution in [0, 0.1) is 34.0 Å². The standard InChI is InChI=1S/C29H45N3O4.C19H29N3.C19H28N2O2.C10H17NO3/c1-27(2,3)35-25(33)31-15-12-21(18-31)17-30-19-29(13-14-29)20-32(26(34)36-28(4,5)6)24-16-23(24)22-10-8-7-9-11-22;1-2-4-16(5-3-1)17-10-18(17)22-14-19(7-8-19)13-21-12-15-6-9-20-11-15;1-18(2,3)23-17(22)21(13-19(12-20)9-10-19)16-11-15(16)14-7-5-4-6-8-14;1-10(2,3)14-9(13)11-5-4-8(6-11)7-12/h7-11,21,23-24,30H,12-20H2,1-6H3;1-5,15,17-18,20-22H,6-14H2;4-8,15-16H,9-13,20H2,1-3H3;7-8H,4-6H2,1-3H3/t21?,23?,24-;15?,17?,18-;15?,16-;/m000./s1. The van der Waals surface area contributed by atoms with E-state index in [2.05, 4.69) is 100 Å². The second kappa shape index (κ2) is 31.4. The summed E-state index contributed by atoms with van der Waals surface area (Å²) in [5.41, 5.74) is 8.96. The van der Waals surface area contributed by atoms with Crippen molar-refractivity contribution in [1.82, 2.24) is 40.9 Å². The zero-order chi connectivity index (χ0) is 68.4. The number of carbonyl (C=O) groups is 5. The van der Waals surface area contributed by atoms with E-state index in [4.69, 9.17) is 24.7 Å². The Kier molecular flexibility index (Phi) is 24.3. The molecule has 12 rings (SSSR count). The van der Waals surface area contributed by atoms with Crippen molar-refractivity contribution in [2.24, 2.45) is 39.7 Å². The number of carbonyl (C=O) groups excluding carboxylic acids is 5. The fraction of sp³-hybridized carbons (Fsp3) is 0.701. The molecule has 0 spiro atoms. The lowest BCUT2D eigenvalue weighted by molar-refractivity contribution is -0.110. The van der Waals surface area contributed by atoms with Gasteiger partial charge in [-0.1, -0.05) is 91.0 Å². The molecule has 3 heterocycles. The SMILES string of the molecule is CC(C)(C)OC(=O)N(CC1(CN)CC1)[C@H]1CC1c1ccccc1.CC(C)(C)OC(=O)N1CCC(C=O)C1.CC(C)(C)OC(=O)N1CCC(CNCC2(CN(C(=O)OC(C)(C)C)[C@H]3CC3c3ccccc3)CC2)C1.c1ccc(C2C[C@@H]2NCC2(CNCC3CCNC3)CC2)cc1. The summed E-state index contributed by atoms with van der Waals surface area (Å²) in [6.07, 6.45) is 13.7. The average molecular weight is 1310 g/mol. The van der Waals surface area contributed by atoms with Gasteiger partial charge in [-0.2, -0.15) is 0 Å². The molecule has 6 saturated carbocycles. The monoisotopic (exact) mass is 1310 g/mol. The van der Waals surface area contributed by atoms with E-state index in [1.54, 1.807) is 4.90 Å². The maximum Gasteiger partial charge on any atom is 0.410 e. The van der Waals surface area contributed by atoms with E-state index in [1.807, 2.05) is 110 Å². The zero-order valence-corrected chi connectivity index (χ0v) is 59.9. The summed E-state index contributed by atoms with van der Waals surface area (Å²) in [5, 5.41) is 14.7. The van der Waals surface area contributed by atoms with Crippen LogP contribution in [0.4, 0.5) is 19.2 Å². The van der Waals surface area contributed by atoms with E-state index in [9.17, 15) is 24.0 Å². The van der Waals surface area contributed by atoms with Crippen molar-refractivity contribution in [2.45, 2.75) is 218 Å². The minimum absolute atomic E-state index is 0.0116. The Labute approximate surface area is 569 Å². The largest absolute Gasteiger partial charge is 0.444 e. The molecular formula is C77H119N9O9. The van der Waals surface area contributed by atoms with Crippen LogP contribution >= 0.6 is 0 Å². The highest BCUT2D eigenvalue weighted by molar-refractivity contribution is 5.71. The van der Waals surface area contributed by atoms with Gasteiger partial charge in [0.2, 0.25) is 0 Å². The summed E-state index contributed by atoms with van der Waals surface area (Å²) in [5.74, 6) is 2.85. The van der Waals surface area contributed by atoms with Crippen LogP contribution in [0.1, 0.15) is 195 Å². The molecule has 3 saturated heterocycles. The Hall–Kier alpha value is -5.79.